The molecule has 6 nitrogen and oxygen atoms in total. The predicted octanol–water partition coefficient (Wildman–Crippen LogP) is 3.43. The Morgan fingerprint density at radius 2 is 2.05 bits per heavy atom. The van der Waals surface area contributed by atoms with Gasteiger partial charge in [-0.1, -0.05) is 20.8 Å². The lowest BCUT2D eigenvalue weighted by Gasteiger charge is -2.19. The van der Waals surface area contributed by atoms with E-state index in [4.69, 9.17) is 9.40 Å². The van der Waals surface area contributed by atoms with Crippen LogP contribution in [0.5, 0.6) is 0 Å². The van der Waals surface area contributed by atoms with Crippen LogP contribution < -0.4 is 5.32 Å². The molecule has 0 saturated carbocycles. The van der Waals surface area contributed by atoms with Crippen molar-refractivity contribution in [2.75, 3.05) is 5.32 Å². The summed E-state index contributed by atoms with van der Waals surface area (Å²) in [4.78, 5) is 9.38. The first-order valence-electron chi connectivity index (χ1n) is 7.36. The van der Waals surface area contributed by atoms with Crippen molar-refractivity contribution >= 4 is 16.9 Å². The van der Waals surface area contributed by atoms with Crippen LogP contribution in [0, 0.1) is 0 Å². The Balaban J connectivity index is 2.07. The van der Waals surface area contributed by atoms with Crippen molar-refractivity contribution in [1.29, 1.82) is 0 Å². The van der Waals surface area contributed by atoms with Gasteiger partial charge in [-0.25, -0.2) is 9.97 Å². The number of furan rings is 1. The van der Waals surface area contributed by atoms with Gasteiger partial charge in [0, 0.05) is 12.5 Å². The summed E-state index contributed by atoms with van der Waals surface area (Å²) in [6.45, 7) is 8.35. The SMILES string of the molecule is C[C@H](Nc1nc(C(C)(C)C)nc2c1cnn2C)c1ccco1. The summed E-state index contributed by atoms with van der Waals surface area (Å²) in [6, 6.07) is 3.85. The van der Waals surface area contributed by atoms with Crippen LogP contribution in [0.15, 0.2) is 29.0 Å². The monoisotopic (exact) mass is 299 g/mol. The highest BCUT2D eigenvalue weighted by molar-refractivity contribution is 5.86. The average molecular weight is 299 g/mol. The molecular weight excluding hydrogens is 278 g/mol. The second kappa shape index (κ2) is 5.12. The Hall–Kier alpha value is -2.37. The summed E-state index contributed by atoms with van der Waals surface area (Å²) in [5.74, 6) is 2.44. The summed E-state index contributed by atoms with van der Waals surface area (Å²) in [6.07, 6.45) is 3.46. The topological polar surface area (TPSA) is 68.8 Å². The van der Waals surface area contributed by atoms with Crippen LogP contribution in [0.3, 0.4) is 0 Å². The van der Waals surface area contributed by atoms with Crippen LogP contribution in [0.4, 0.5) is 5.82 Å². The number of aryl methyl sites for hydroxylation is 1. The number of hydrogen-bond donors (Lipinski definition) is 1. The van der Waals surface area contributed by atoms with E-state index in [0.29, 0.717) is 0 Å². The van der Waals surface area contributed by atoms with Gasteiger partial charge >= 0.3 is 0 Å². The van der Waals surface area contributed by atoms with E-state index in [1.165, 1.54) is 0 Å². The van der Waals surface area contributed by atoms with Gasteiger partial charge in [-0.2, -0.15) is 5.10 Å². The van der Waals surface area contributed by atoms with Gasteiger partial charge in [-0.15, -0.1) is 0 Å². The van der Waals surface area contributed by atoms with Gasteiger partial charge in [0.15, 0.2) is 5.65 Å². The number of hydrogen-bond acceptors (Lipinski definition) is 5. The van der Waals surface area contributed by atoms with E-state index in [2.05, 4.69) is 36.2 Å². The van der Waals surface area contributed by atoms with Crippen LogP contribution >= 0.6 is 0 Å². The highest BCUT2D eigenvalue weighted by Gasteiger charge is 2.22. The third kappa shape index (κ3) is 2.56. The molecule has 0 spiro atoms. The van der Waals surface area contributed by atoms with Gasteiger partial charge in [0.1, 0.15) is 17.4 Å². The minimum atomic E-state index is -0.136. The summed E-state index contributed by atoms with van der Waals surface area (Å²) in [7, 11) is 1.89. The number of nitrogens with zero attached hydrogens (tertiary/aromatic N) is 4. The quantitative estimate of drug-likeness (QED) is 0.802. The molecule has 1 atom stereocenters. The smallest absolute Gasteiger partial charge is 0.163 e. The maximum absolute atomic E-state index is 5.46. The Kier molecular flexibility index (Phi) is 3.39. The third-order valence-corrected chi connectivity index (χ3v) is 3.59. The molecule has 3 aromatic heterocycles. The number of rotatable bonds is 3. The van der Waals surface area contributed by atoms with E-state index in [0.717, 1.165) is 28.4 Å². The van der Waals surface area contributed by atoms with Crippen molar-refractivity contribution < 1.29 is 4.42 Å². The molecule has 0 unspecified atom stereocenters. The second-order valence-corrected chi connectivity index (χ2v) is 6.53. The van der Waals surface area contributed by atoms with Crippen LogP contribution in [0.2, 0.25) is 0 Å². The fraction of sp³-hybridized carbons (Fsp3) is 0.438. The molecule has 0 fully saturated rings. The van der Waals surface area contributed by atoms with Gasteiger partial charge in [0.25, 0.3) is 0 Å². The molecule has 116 valence electrons. The van der Waals surface area contributed by atoms with E-state index in [1.807, 2.05) is 26.1 Å². The molecule has 0 amide bonds. The van der Waals surface area contributed by atoms with Crippen molar-refractivity contribution in [3.05, 3.63) is 36.2 Å². The molecule has 0 aliphatic carbocycles. The van der Waals surface area contributed by atoms with Crippen LogP contribution in [0.25, 0.3) is 11.0 Å². The van der Waals surface area contributed by atoms with Crippen molar-refractivity contribution in [3.63, 3.8) is 0 Å². The van der Waals surface area contributed by atoms with E-state index in [1.54, 1.807) is 17.1 Å². The second-order valence-electron chi connectivity index (χ2n) is 6.53. The molecule has 0 aliphatic rings. The maximum Gasteiger partial charge on any atom is 0.163 e. The molecule has 0 saturated heterocycles. The van der Waals surface area contributed by atoms with E-state index < -0.39 is 0 Å². The molecule has 0 bridgehead atoms. The fourth-order valence-corrected chi connectivity index (χ4v) is 2.28. The molecule has 1 N–H and O–H groups in total. The highest BCUT2D eigenvalue weighted by Crippen LogP contribution is 2.28. The lowest BCUT2D eigenvalue weighted by Crippen LogP contribution is -2.18. The zero-order chi connectivity index (χ0) is 15.9. The normalized spacial score (nSPS) is 13.5. The number of nitrogens with one attached hydrogen (secondary N) is 1. The molecule has 6 heteroatoms. The maximum atomic E-state index is 5.46. The van der Waals surface area contributed by atoms with Gasteiger partial charge < -0.3 is 9.73 Å². The van der Waals surface area contributed by atoms with Gasteiger partial charge in [-0.3, -0.25) is 4.68 Å². The minimum absolute atomic E-state index is 0.0149. The summed E-state index contributed by atoms with van der Waals surface area (Å²) < 4.78 is 7.23. The van der Waals surface area contributed by atoms with E-state index in [-0.39, 0.29) is 11.5 Å². The first-order chi connectivity index (χ1) is 10.4. The molecule has 3 heterocycles. The van der Waals surface area contributed by atoms with Crippen LogP contribution in [0.1, 0.15) is 45.3 Å². The zero-order valence-corrected chi connectivity index (χ0v) is 13.6. The number of fused-ring (bicyclic) bond motifs is 1. The van der Waals surface area contributed by atoms with Crippen LogP contribution in [-0.2, 0) is 12.5 Å². The van der Waals surface area contributed by atoms with Gasteiger partial charge in [0.05, 0.1) is 23.9 Å². The molecule has 0 radical (unpaired) electrons. The Morgan fingerprint density at radius 1 is 1.27 bits per heavy atom. The highest BCUT2D eigenvalue weighted by atomic mass is 16.3. The number of anilines is 1. The van der Waals surface area contributed by atoms with Crippen molar-refractivity contribution in [3.8, 4) is 0 Å². The summed E-state index contributed by atoms with van der Waals surface area (Å²) in [5.41, 5.74) is 0.692. The molecular formula is C16H21N5O. The molecule has 0 aliphatic heterocycles. The van der Waals surface area contributed by atoms with E-state index in [9.17, 15) is 0 Å². The zero-order valence-electron chi connectivity index (χ0n) is 13.6. The first kappa shape index (κ1) is 14.6. The van der Waals surface area contributed by atoms with Gasteiger partial charge in [0.2, 0.25) is 0 Å². The van der Waals surface area contributed by atoms with Crippen molar-refractivity contribution in [2.24, 2.45) is 7.05 Å². The Labute approximate surface area is 129 Å². The Morgan fingerprint density at radius 3 is 2.68 bits per heavy atom. The lowest BCUT2D eigenvalue weighted by molar-refractivity contribution is 0.489. The fourth-order valence-electron chi connectivity index (χ4n) is 2.28. The predicted molar refractivity (Wildman–Crippen MR) is 85.7 cm³/mol. The molecule has 3 aromatic rings. The van der Waals surface area contributed by atoms with Crippen LogP contribution in [-0.4, -0.2) is 19.7 Å². The molecule has 0 aromatic carbocycles. The molecule has 3 rings (SSSR count). The first-order valence-corrected chi connectivity index (χ1v) is 7.36. The van der Waals surface area contributed by atoms with Gasteiger partial charge in [-0.05, 0) is 19.1 Å². The lowest BCUT2D eigenvalue weighted by atomic mass is 9.95. The van der Waals surface area contributed by atoms with E-state index >= 15 is 0 Å². The van der Waals surface area contributed by atoms with Crippen molar-refractivity contribution in [1.82, 2.24) is 19.7 Å². The summed E-state index contributed by atoms with van der Waals surface area (Å²) in [5, 5.41) is 8.63. The summed E-state index contributed by atoms with van der Waals surface area (Å²) >= 11 is 0. The minimum Gasteiger partial charge on any atom is -0.467 e. The largest absolute Gasteiger partial charge is 0.467 e. The number of aromatic nitrogens is 4. The average Bonchev–Trinajstić information content (AvgIpc) is 3.08. The van der Waals surface area contributed by atoms with Crippen molar-refractivity contribution in [2.45, 2.75) is 39.2 Å². The Bertz CT molecular complexity index is 783. The molecule has 22 heavy (non-hydrogen) atoms. The standard InChI is InChI=1S/C16H21N5O/c1-10(12-7-6-8-22-12)18-13-11-9-17-21(5)14(11)20-15(19-13)16(2,3)4/h6-10H,1-5H3,(H,18,19,20)/t10-/m0/s1. The third-order valence-electron chi connectivity index (χ3n) is 3.59.